The van der Waals surface area contributed by atoms with Crippen LogP contribution in [0.1, 0.15) is 42.6 Å². The van der Waals surface area contributed by atoms with E-state index in [1.54, 1.807) is 11.9 Å². The van der Waals surface area contributed by atoms with Crippen molar-refractivity contribution in [3.05, 3.63) is 17.0 Å². The number of amides is 4. The van der Waals surface area contributed by atoms with Gasteiger partial charge in [-0.15, -0.1) is 0 Å². The summed E-state index contributed by atoms with van der Waals surface area (Å²) in [6, 6.07) is -1.11. The lowest BCUT2D eigenvalue weighted by molar-refractivity contribution is -0.130. The van der Waals surface area contributed by atoms with Gasteiger partial charge in [0.2, 0.25) is 5.91 Å². The van der Waals surface area contributed by atoms with Crippen LogP contribution in [0.2, 0.25) is 0 Å². The normalized spacial score (nSPS) is 20.0. The van der Waals surface area contributed by atoms with Gasteiger partial charge in [0.1, 0.15) is 6.04 Å². The van der Waals surface area contributed by atoms with Crippen molar-refractivity contribution in [2.75, 3.05) is 7.05 Å². The Morgan fingerprint density at radius 1 is 1.30 bits per heavy atom. The van der Waals surface area contributed by atoms with Crippen LogP contribution >= 0.6 is 0 Å². The first-order chi connectivity index (χ1) is 11.0. The van der Waals surface area contributed by atoms with Crippen LogP contribution in [-0.2, 0) is 29.0 Å². The topological polar surface area (TPSA) is 107 Å². The average Bonchev–Trinajstić information content (AvgIpc) is 3.08. The van der Waals surface area contributed by atoms with Crippen molar-refractivity contribution in [1.82, 2.24) is 25.7 Å². The predicted molar refractivity (Wildman–Crippen MR) is 81.4 cm³/mol. The van der Waals surface area contributed by atoms with Crippen LogP contribution < -0.4 is 10.6 Å². The first kappa shape index (κ1) is 15.5. The second kappa shape index (κ2) is 6.39. The van der Waals surface area contributed by atoms with Crippen LogP contribution in [0, 0.1) is 0 Å². The molecule has 2 aliphatic rings. The molecule has 0 aromatic carbocycles. The predicted octanol–water partition coefficient (Wildman–Crippen LogP) is 0.235. The van der Waals surface area contributed by atoms with Crippen LogP contribution in [-0.4, -0.2) is 46.0 Å². The molecule has 1 fully saturated rings. The zero-order chi connectivity index (χ0) is 16.4. The number of urea groups is 1. The van der Waals surface area contributed by atoms with Gasteiger partial charge in [-0.1, -0.05) is 0 Å². The highest BCUT2D eigenvalue weighted by Gasteiger charge is 2.30. The summed E-state index contributed by atoms with van der Waals surface area (Å²) in [5, 5.41) is 12.1. The number of aromatic nitrogens is 2. The second-order valence-electron chi connectivity index (χ2n) is 6.14. The van der Waals surface area contributed by atoms with Gasteiger partial charge in [-0.05, 0) is 37.7 Å². The molecule has 1 atom stereocenters. The molecule has 2 heterocycles. The smallest absolute Gasteiger partial charge is 0.322 e. The highest BCUT2D eigenvalue weighted by Crippen LogP contribution is 2.23. The fourth-order valence-electron chi connectivity index (χ4n) is 3.11. The van der Waals surface area contributed by atoms with E-state index in [0.717, 1.165) is 25.0 Å². The minimum atomic E-state index is -0.613. The molecule has 1 aromatic heterocycles. The average molecular weight is 319 g/mol. The van der Waals surface area contributed by atoms with Crippen LogP contribution in [0.3, 0.4) is 0 Å². The van der Waals surface area contributed by atoms with Gasteiger partial charge in [0.05, 0.1) is 12.2 Å². The number of aromatic amines is 1. The number of hydrogen-bond acceptors (Lipinski definition) is 4. The summed E-state index contributed by atoms with van der Waals surface area (Å²) in [5.74, 6) is -0.432. The van der Waals surface area contributed by atoms with Crippen molar-refractivity contribution in [3.63, 3.8) is 0 Å². The molecule has 0 spiro atoms. The minimum Gasteiger partial charge on any atom is -0.340 e. The van der Waals surface area contributed by atoms with Crippen molar-refractivity contribution in [1.29, 1.82) is 0 Å². The van der Waals surface area contributed by atoms with Gasteiger partial charge in [0.25, 0.3) is 5.91 Å². The molecule has 23 heavy (non-hydrogen) atoms. The summed E-state index contributed by atoms with van der Waals surface area (Å²) in [5.41, 5.74) is 3.37. The van der Waals surface area contributed by atoms with E-state index < -0.39 is 12.1 Å². The summed E-state index contributed by atoms with van der Waals surface area (Å²) in [6.45, 7) is 0.466. The van der Waals surface area contributed by atoms with Crippen molar-refractivity contribution in [3.8, 4) is 0 Å². The number of hydrogen-bond donors (Lipinski definition) is 3. The van der Waals surface area contributed by atoms with Gasteiger partial charge < -0.3 is 10.2 Å². The molecule has 0 bridgehead atoms. The number of rotatable bonds is 5. The minimum absolute atomic E-state index is 0.0634. The van der Waals surface area contributed by atoms with Crippen LogP contribution in [0.5, 0.6) is 0 Å². The lowest BCUT2D eigenvalue weighted by atomic mass is 9.96. The Balaban J connectivity index is 1.53. The Morgan fingerprint density at radius 3 is 2.83 bits per heavy atom. The van der Waals surface area contributed by atoms with Crippen LogP contribution in [0.4, 0.5) is 4.79 Å². The van der Waals surface area contributed by atoms with E-state index in [2.05, 4.69) is 20.8 Å². The zero-order valence-electron chi connectivity index (χ0n) is 13.1. The first-order valence-electron chi connectivity index (χ1n) is 7.95. The highest BCUT2D eigenvalue weighted by molar-refractivity contribution is 6.04. The molecule has 0 saturated carbocycles. The fourth-order valence-corrected chi connectivity index (χ4v) is 3.11. The van der Waals surface area contributed by atoms with Gasteiger partial charge in [-0.2, -0.15) is 5.10 Å². The monoisotopic (exact) mass is 319 g/mol. The Bertz CT molecular complexity index is 639. The molecule has 8 heteroatoms. The SMILES string of the molecule is CN(Cc1n[nH]c2c1CCCC2)C(=O)CCC1NC(=O)NC1=O. The molecule has 1 aromatic rings. The van der Waals surface area contributed by atoms with Gasteiger partial charge >= 0.3 is 6.03 Å². The van der Waals surface area contributed by atoms with Crippen molar-refractivity contribution < 1.29 is 14.4 Å². The molecule has 0 radical (unpaired) electrons. The van der Waals surface area contributed by atoms with Crippen LogP contribution in [0.15, 0.2) is 0 Å². The molecule has 8 nitrogen and oxygen atoms in total. The number of fused-ring (bicyclic) bond motifs is 1. The van der Waals surface area contributed by atoms with Gasteiger partial charge in [0.15, 0.2) is 0 Å². The third-order valence-electron chi connectivity index (χ3n) is 4.46. The Morgan fingerprint density at radius 2 is 2.09 bits per heavy atom. The molecule has 3 N–H and O–H groups in total. The van der Waals surface area contributed by atoms with E-state index in [-0.39, 0.29) is 18.2 Å². The summed E-state index contributed by atoms with van der Waals surface area (Å²) >= 11 is 0. The van der Waals surface area contributed by atoms with Gasteiger partial charge in [-0.3, -0.25) is 20.0 Å². The zero-order valence-corrected chi connectivity index (χ0v) is 13.1. The summed E-state index contributed by atoms with van der Waals surface area (Å²) in [6.07, 6.45) is 4.89. The molecule has 1 saturated heterocycles. The summed E-state index contributed by atoms with van der Waals surface area (Å²) in [7, 11) is 1.74. The number of carbonyl (C=O) groups excluding carboxylic acids is 3. The molecular formula is C15H21N5O3. The first-order valence-corrected chi connectivity index (χ1v) is 7.95. The molecular weight excluding hydrogens is 298 g/mol. The van der Waals surface area contributed by atoms with Crippen molar-refractivity contribution >= 4 is 17.8 Å². The third-order valence-corrected chi connectivity index (χ3v) is 4.46. The fraction of sp³-hybridized carbons (Fsp3) is 0.600. The van der Waals surface area contributed by atoms with E-state index in [1.165, 1.54) is 17.7 Å². The Hall–Kier alpha value is -2.38. The number of imide groups is 1. The van der Waals surface area contributed by atoms with E-state index in [9.17, 15) is 14.4 Å². The standard InChI is InChI=1S/C15H21N5O3/c1-20(8-12-9-4-2-3-5-10(9)18-19-12)13(21)7-6-11-14(22)17-15(23)16-11/h11H,2-8H2,1H3,(H,18,19)(H2,16,17,22,23). The number of nitrogens with zero attached hydrogens (tertiary/aromatic N) is 2. The maximum Gasteiger partial charge on any atom is 0.322 e. The highest BCUT2D eigenvalue weighted by atomic mass is 16.2. The van der Waals surface area contributed by atoms with E-state index in [4.69, 9.17) is 0 Å². The number of aryl methyl sites for hydroxylation is 1. The molecule has 124 valence electrons. The summed E-state index contributed by atoms with van der Waals surface area (Å²) in [4.78, 5) is 36.3. The number of carbonyl (C=O) groups is 3. The maximum absolute atomic E-state index is 12.2. The Labute approximate surface area is 134 Å². The maximum atomic E-state index is 12.2. The molecule has 1 aliphatic carbocycles. The van der Waals surface area contributed by atoms with E-state index in [0.29, 0.717) is 13.0 Å². The lowest BCUT2D eigenvalue weighted by Gasteiger charge is -2.18. The third kappa shape index (κ3) is 3.35. The second-order valence-corrected chi connectivity index (χ2v) is 6.14. The quantitative estimate of drug-likeness (QED) is 0.675. The van der Waals surface area contributed by atoms with E-state index >= 15 is 0 Å². The van der Waals surface area contributed by atoms with Crippen molar-refractivity contribution in [2.45, 2.75) is 51.1 Å². The van der Waals surface area contributed by atoms with Crippen LogP contribution in [0.25, 0.3) is 0 Å². The molecule has 1 aliphatic heterocycles. The van der Waals surface area contributed by atoms with E-state index in [1.807, 2.05) is 0 Å². The van der Waals surface area contributed by atoms with Crippen molar-refractivity contribution in [2.24, 2.45) is 0 Å². The Kier molecular flexibility index (Phi) is 4.31. The van der Waals surface area contributed by atoms with Gasteiger partial charge in [0, 0.05) is 19.2 Å². The molecule has 4 amide bonds. The largest absolute Gasteiger partial charge is 0.340 e. The molecule has 1 unspecified atom stereocenters. The number of nitrogens with one attached hydrogen (secondary N) is 3. The molecule has 3 rings (SSSR count). The number of H-pyrrole nitrogens is 1. The lowest BCUT2D eigenvalue weighted by Crippen LogP contribution is -2.32. The van der Waals surface area contributed by atoms with Gasteiger partial charge in [-0.25, -0.2) is 4.79 Å². The summed E-state index contributed by atoms with van der Waals surface area (Å²) < 4.78 is 0.